The molecule has 2 aromatic carbocycles. The predicted molar refractivity (Wildman–Crippen MR) is 105 cm³/mol. The highest BCUT2D eigenvalue weighted by atomic mass is 19.4. The minimum absolute atomic E-state index is 0.127. The topological polar surface area (TPSA) is 68.9 Å². The summed E-state index contributed by atoms with van der Waals surface area (Å²) in [7, 11) is 1.66. The molecule has 0 saturated heterocycles. The van der Waals surface area contributed by atoms with E-state index in [1.165, 1.54) is 23.0 Å². The molecule has 1 N–H and O–H groups in total. The number of carbonyl (C=O) groups excluding carboxylic acids is 1. The van der Waals surface area contributed by atoms with Crippen LogP contribution in [0.2, 0.25) is 0 Å². The summed E-state index contributed by atoms with van der Waals surface area (Å²) in [5, 5.41) is 6.87. The summed E-state index contributed by atoms with van der Waals surface area (Å²) in [4.78, 5) is 25.6. The van der Waals surface area contributed by atoms with Crippen molar-refractivity contribution in [1.29, 1.82) is 0 Å². The van der Waals surface area contributed by atoms with Gasteiger partial charge in [-0.3, -0.25) is 9.59 Å². The van der Waals surface area contributed by atoms with Crippen LogP contribution in [0.4, 0.5) is 18.9 Å². The number of rotatable bonds is 3. The molecular formula is C21H15F3N4O2. The zero-order valence-corrected chi connectivity index (χ0v) is 15.6. The Balaban J connectivity index is 1.71. The van der Waals surface area contributed by atoms with Gasteiger partial charge in [-0.15, -0.1) is 0 Å². The molecule has 1 amide bonds. The minimum Gasteiger partial charge on any atom is -0.356 e. The number of amides is 1. The van der Waals surface area contributed by atoms with E-state index >= 15 is 0 Å². The molecule has 0 fully saturated rings. The predicted octanol–water partition coefficient (Wildman–Crippen LogP) is 3.95. The molecule has 2 aliphatic rings. The first-order chi connectivity index (χ1) is 14.2. The highest BCUT2D eigenvalue weighted by Crippen LogP contribution is 2.30. The van der Waals surface area contributed by atoms with Crippen molar-refractivity contribution in [1.82, 2.24) is 14.3 Å². The summed E-state index contributed by atoms with van der Waals surface area (Å²) in [6.45, 7) is 0. The maximum atomic E-state index is 12.8. The lowest BCUT2D eigenvalue weighted by molar-refractivity contribution is -0.137. The van der Waals surface area contributed by atoms with E-state index in [1.54, 1.807) is 48.1 Å². The zero-order valence-electron chi connectivity index (χ0n) is 15.6. The molecule has 2 aromatic rings. The van der Waals surface area contributed by atoms with Crippen molar-refractivity contribution >= 4 is 11.6 Å². The Labute approximate surface area is 168 Å². The number of alkyl halides is 3. The van der Waals surface area contributed by atoms with Gasteiger partial charge in [-0.1, -0.05) is 18.2 Å². The fourth-order valence-corrected chi connectivity index (χ4v) is 3.09. The van der Waals surface area contributed by atoms with Crippen LogP contribution < -0.4 is 10.9 Å². The number of aryl methyl sites for hydroxylation is 1. The van der Waals surface area contributed by atoms with Gasteiger partial charge in [-0.05, 0) is 36.4 Å². The molecule has 2 heterocycles. The van der Waals surface area contributed by atoms with Gasteiger partial charge in [0.1, 0.15) is 5.69 Å². The summed E-state index contributed by atoms with van der Waals surface area (Å²) in [6.07, 6.45) is -1.39. The Hall–Kier alpha value is -3.88. The van der Waals surface area contributed by atoms with Gasteiger partial charge < -0.3 is 9.88 Å². The second-order valence-electron chi connectivity index (χ2n) is 6.68. The molecule has 152 valence electrons. The molecule has 0 radical (unpaired) electrons. The summed E-state index contributed by atoms with van der Waals surface area (Å²) in [5.74, 6) is -0.589. The van der Waals surface area contributed by atoms with Crippen LogP contribution in [0.3, 0.4) is 0 Å². The molecule has 0 unspecified atom stereocenters. The Bertz CT molecular complexity index is 1240. The molecule has 0 aliphatic carbocycles. The van der Waals surface area contributed by atoms with Crippen LogP contribution in [0.1, 0.15) is 15.9 Å². The number of para-hydroxylation sites is 1. The minimum atomic E-state index is -4.46. The number of carbonyl (C=O) groups is 1. The van der Waals surface area contributed by atoms with E-state index in [0.29, 0.717) is 5.69 Å². The van der Waals surface area contributed by atoms with Gasteiger partial charge in [0.2, 0.25) is 0 Å². The normalized spacial score (nSPS) is 11.6. The molecule has 30 heavy (non-hydrogen) atoms. The van der Waals surface area contributed by atoms with E-state index in [4.69, 9.17) is 0 Å². The van der Waals surface area contributed by atoms with Crippen LogP contribution in [-0.4, -0.2) is 20.3 Å². The quantitative estimate of drug-likeness (QED) is 0.554. The summed E-state index contributed by atoms with van der Waals surface area (Å²) < 4.78 is 40.9. The van der Waals surface area contributed by atoms with E-state index in [-0.39, 0.29) is 28.1 Å². The lowest BCUT2D eigenvalue weighted by atomic mass is 10.1. The van der Waals surface area contributed by atoms with Crippen molar-refractivity contribution in [2.75, 3.05) is 5.32 Å². The number of nitrogens with zero attached hydrogens (tertiary/aromatic N) is 3. The van der Waals surface area contributed by atoms with Crippen LogP contribution >= 0.6 is 0 Å². The van der Waals surface area contributed by atoms with Gasteiger partial charge in [0.25, 0.3) is 11.5 Å². The molecule has 6 nitrogen and oxygen atoms in total. The van der Waals surface area contributed by atoms with Gasteiger partial charge in [0.05, 0.1) is 22.4 Å². The van der Waals surface area contributed by atoms with Crippen molar-refractivity contribution in [3.05, 3.63) is 88.5 Å². The lowest BCUT2D eigenvalue weighted by Crippen LogP contribution is -2.17. The van der Waals surface area contributed by atoms with Crippen LogP contribution in [0.15, 0.2) is 71.8 Å². The van der Waals surface area contributed by atoms with Gasteiger partial charge in [-0.2, -0.15) is 23.0 Å². The molecule has 0 aromatic heterocycles. The number of pyridine rings is 1. The molecule has 0 saturated carbocycles. The molecule has 9 heteroatoms. The highest BCUT2D eigenvalue weighted by Gasteiger charge is 2.30. The van der Waals surface area contributed by atoms with E-state index in [0.717, 1.165) is 12.1 Å². The SMILES string of the molecule is Cn1cc(C(=O)Nc2ccc(C(F)(F)F)cc2)c2nn(-c3ccccc3)c(=O)c-2c1. The fourth-order valence-electron chi connectivity index (χ4n) is 3.09. The average Bonchev–Trinajstić information content (AvgIpc) is 3.04. The van der Waals surface area contributed by atoms with Crippen molar-refractivity contribution in [2.45, 2.75) is 6.18 Å². The van der Waals surface area contributed by atoms with Crippen LogP contribution in [0, 0.1) is 0 Å². The first kappa shape index (κ1) is 19.4. The third-order valence-corrected chi connectivity index (χ3v) is 4.51. The first-order valence-corrected chi connectivity index (χ1v) is 8.87. The summed E-state index contributed by atoms with van der Waals surface area (Å²) in [6, 6.07) is 12.9. The average molecular weight is 412 g/mol. The number of fused-ring (bicyclic) bond motifs is 1. The van der Waals surface area contributed by atoms with E-state index in [2.05, 4.69) is 10.4 Å². The number of aromatic nitrogens is 3. The van der Waals surface area contributed by atoms with E-state index in [9.17, 15) is 22.8 Å². The molecule has 4 rings (SSSR count). The highest BCUT2D eigenvalue weighted by molar-refractivity contribution is 6.08. The Morgan fingerprint density at radius 3 is 2.30 bits per heavy atom. The first-order valence-electron chi connectivity index (χ1n) is 8.87. The zero-order chi connectivity index (χ0) is 21.5. The summed E-state index contributed by atoms with van der Waals surface area (Å²) in [5.41, 5.74) is 0.130. The number of hydrogen-bond acceptors (Lipinski definition) is 3. The van der Waals surface area contributed by atoms with E-state index < -0.39 is 17.6 Å². The van der Waals surface area contributed by atoms with Crippen LogP contribution in [0.5, 0.6) is 0 Å². The van der Waals surface area contributed by atoms with Crippen LogP contribution in [-0.2, 0) is 13.2 Å². The second-order valence-corrected chi connectivity index (χ2v) is 6.68. The van der Waals surface area contributed by atoms with Crippen molar-refractivity contribution in [3.63, 3.8) is 0 Å². The monoisotopic (exact) mass is 412 g/mol. The number of hydrogen-bond donors (Lipinski definition) is 1. The molecule has 0 spiro atoms. The second kappa shape index (κ2) is 7.18. The van der Waals surface area contributed by atoms with Crippen LogP contribution in [0.25, 0.3) is 16.9 Å². The number of halogens is 3. The Morgan fingerprint density at radius 1 is 1.00 bits per heavy atom. The maximum absolute atomic E-state index is 12.8. The third kappa shape index (κ3) is 3.57. The van der Waals surface area contributed by atoms with Gasteiger partial charge >= 0.3 is 6.18 Å². The number of nitrogens with one attached hydrogen (secondary N) is 1. The Morgan fingerprint density at radius 2 is 1.67 bits per heavy atom. The van der Waals surface area contributed by atoms with Crippen molar-refractivity contribution in [3.8, 4) is 16.9 Å². The van der Waals surface area contributed by atoms with Gasteiger partial charge in [0.15, 0.2) is 0 Å². The standard InChI is InChI=1S/C21H15F3N4O2/c1-27-11-16(19(29)25-14-9-7-13(8-10-14)21(22,23)24)18-17(12-27)20(30)28(26-18)15-5-3-2-4-6-15/h2-12H,1H3,(H,25,29). The Kier molecular flexibility index (Phi) is 4.65. The fraction of sp³-hybridized carbons (Fsp3) is 0.0952. The number of anilines is 1. The smallest absolute Gasteiger partial charge is 0.356 e. The van der Waals surface area contributed by atoms with Crippen molar-refractivity contribution in [2.24, 2.45) is 7.05 Å². The van der Waals surface area contributed by atoms with Crippen molar-refractivity contribution < 1.29 is 18.0 Å². The number of benzene rings is 2. The molecule has 0 atom stereocenters. The molecule has 2 aliphatic heterocycles. The third-order valence-electron chi connectivity index (χ3n) is 4.51. The maximum Gasteiger partial charge on any atom is 0.416 e. The van der Waals surface area contributed by atoms with E-state index in [1.807, 2.05) is 0 Å². The lowest BCUT2D eigenvalue weighted by Gasteiger charge is -2.11. The molecular weight excluding hydrogens is 397 g/mol. The van der Waals surface area contributed by atoms with Gasteiger partial charge in [0, 0.05) is 25.1 Å². The molecule has 0 bridgehead atoms. The summed E-state index contributed by atoms with van der Waals surface area (Å²) >= 11 is 0. The largest absolute Gasteiger partial charge is 0.416 e. The van der Waals surface area contributed by atoms with Gasteiger partial charge in [-0.25, -0.2) is 0 Å².